The van der Waals surface area contributed by atoms with E-state index in [9.17, 15) is 18.0 Å². The molecule has 0 radical (unpaired) electrons. The fraction of sp³-hybridized carbons (Fsp3) is 0.400. The number of hydrogen-bond acceptors (Lipinski definition) is 5. The number of amides is 2. The van der Waals surface area contributed by atoms with Crippen molar-refractivity contribution in [2.24, 2.45) is 0 Å². The molecule has 8 nitrogen and oxygen atoms in total. The van der Waals surface area contributed by atoms with Crippen molar-refractivity contribution in [3.63, 3.8) is 0 Å². The van der Waals surface area contributed by atoms with Crippen molar-refractivity contribution >= 4 is 27.5 Å². The van der Waals surface area contributed by atoms with Gasteiger partial charge < -0.3 is 14.6 Å². The molecule has 1 N–H and O–H groups in total. The zero-order valence-electron chi connectivity index (χ0n) is 16.0. The van der Waals surface area contributed by atoms with Gasteiger partial charge in [0, 0.05) is 25.2 Å². The molecule has 2 amide bonds. The minimum Gasteiger partial charge on any atom is -0.467 e. The van der Waals surface area contributed by atoms with Gasteiger partial charge in [-0.25, -0.2) is 8.42 Å². The van der Waals surface area contributed by atoms with Crippen molar-refractivity contribution in [2.75, 3.05) is 24.5 Å². The van der Waals surface area contributed by atoms with Crippen molar-refractivity contribution in [3.05, 3.63) is 47.9 Å². The van der Waals surface area contributed by atoms with Crippen LogP contribution in [0.1, 0.15) is 30.6 Å². The molecule has 154 valence electrons. The number of sulfonamides is 1. The van der Waals surface area contributed by atoms with Crippen molar-refractivity contribution in [3.8, 4) is 0 Å². The van der Waals surface area contributed by atoms with Crippen LogP contribution in [0.15, 0.2) is 45.9 Å². The van der Waals surface area contributed by atoms with Crippen LogP contribution >= 0.6 is 0 Å². The Labute approximate surface area is 169 Å². The summed E-state index contributed by atoms with van der Waals surface area (Å²) in [6.07, 6.45) is 3.98. The highest BCUT2D eigenvalue weighted by atomic mass is 32.2. The Bertz CT molecular complexity index is 1010. The van der Waals surface area contributed by atoms with Crippen LogP contribution in [0.4, 0.5) is 5.69 Å². The lowest BCUT2D eigenvalue weighted by Gasteiger charge is -2.29. The Balaban J connectivity index is 1.51. The molecule has 0 aliphatic carbocycles. The molecule has 2 aliphatic heterocycles. The molecule has 9 heteroatoms. The summed E-state index contributed by atoms with van der Waals surface area (Å²) in [5.74, 6) is 0.164. The maximum absolute atomic E-state index is 12.8. The molecule has 1 aromatic heterocycles. The molecule has 1 fully saturated rings. The van der Waals surface area contributed by atoms with Crippen LogP contribution in [0.5, 0.6) is 0 Å². The molecule has 0 saturated carbocycles. The van der Waals surface area contributed by atoms with E-state index in [-0.39, 0.29) is 36.2 Å². The summed E-state index contributed by atoms with van der Waals surface area (Å²) >= 11 is 0. The first-order valence-electron chi connectivity index (χ1n) is 9.68. The first-order chi connectivity index (χ1) is 13.9. The highest BCUT2D eigenvalue weighted by Crippen LogP contribution is 2.31. The average molecular weight is 417 g/mol. The number of furan rings is 1. The molecule has 2 aromatic rings. The Hall–Kier alpha value is -2.65. The lowest BCUT2D eigenvalue weighted by Crippen LogP contribution is -2.43. The normalized spacial score (nSPS) is 17.4. The zero-order valence-corrected chi connectivity index (χ0v) is 16.8. The van der Waals surface area contributed by atoms with E-state index in [1.807, 2.05) is 0 Å². The molecule has 4 rings (SSSR count). The van der Waals surface area contributed by atoms with Crippen LogP contribution in [-0.4, -0.2) is 44.2 Å². The molecule has 2 aliphatic rings. The second-order valence-corrected chi connectivity index (χ2v) is 9.18. The number of anilines is 1. The summed E-state index contributed by atoms with van der Waals surface area (Å²) in [7, 11) is -3.52. The maximum Gasteiger partial charge on any atom is 0.243 e. The van der Waals surface area contributed by atoms with Gasteiger partial charge in [0.1, 0.15) is 12.3 Å². The SMILES string of the molecule is O=C(CN1C(=O)CCc2cc(S(=O)(=O)N3CCCC3)ccc21)NCc1ccco1. The number of nitrogens with zero attached hydrogens (tertiary/aromatic N) is 2. The Morgan fingerprint density at radius 3 is 2.66 bits per heavy atom. The van der Waals surface area contributed by atoms with Crippen LogP contribution in [0.3, 0.4) is 0 Å². The molecule has 0 spiro atoms. The van der Waals surface area contributed by atoms with E-state index in [1.54, 1.807) is 24.3 Å². The quantitative estimate of drug-likeness (QED) is 0.771. The van der Waals surface area contributed by atoms with E-state index in [4.69, 9.17) is 4.42 Å². The van der Waals surface area contributed by atoms with Crippen molar-refractivity contribution in [2.45, 2.75) is 37.1 Å². The standard InChI is InChI=1S/C20H23N3O5S/c24-19(21-13-16-4-3-11-28-16)14-23-18-7-6-17(12-15(18)5-8-20(23)25)29(26,27)22-9-1-2-10-22/h3-4,6-7,11-12H,1-2,5,8-10,13-14H2,(H,21,24). The van der Waals surface area contributed by atoms with E-state index in [2.05, 4.69) is 5.32 Å². The fourth-order valence-electron chi connectivity index (χ4n) is 3.75. The molecular weight excluding hydrogens is 394 g/mol. The van der Waals surface area contributed by atoms with Crippen molar-refractivity contribution < 1.29 is 22.4 Å². The van der Waals surface area contributed by atoms with Gasteiger partial charge in [-0.05, 0) is 55.2 Å². The van der Waals surface area contributed by atoms with Crippen LogP contribution in [0.2, 0.25) is 0 Å². The third kappa shape index (κ3) is 4.06. The number of rotatable bonds is 6. The molecule has 0 atom stereocenters. The van der Waals surface area contributed by atoms with Crippen LogP contribution in [-0.2, 0) is 32.6 Å². The predicted molar refractivity (Wildman–Crippen MR) is 106 cm³/mol. The first-order valence-corrected chi connectivity index (χ1v) is 11.1. The summed E-state index contributed by atoms with van der Waals surface area (Å²) in [6.45, 7) is 1.21. The summed E-state index contributed by atoms with van der Waals surface area (Å²) in [6, 6.07) is 8.29. The maximum atomic E-state index is 12.8. The molecule has 29 heavy (non-hydrogen) atoms. The Morgan fingerprint density at radius 2 is 1.93 bits per heavy atom. The van der Waals surface area contributed by atoms with Gasteiger partial charge in [0.25, 0.3) is 0 Å². The number of aryl methyl sites for hydroxylation is 1. The summed E-state index contributed by atoms with van der Waals surface area (Å²) in [4.78, 5) is 26.4. The topological polar surface area (TPSA) is 99.9 Å². The summed E-state index contributed by atoms with van der Waals surface area (Å²) in [5, 5.41) is 2.73. The van der Waals surface area contributed by atoms with Gasteiger partial charge in [0.15, 0.2) is 0 Å². The Morgan fingerprint density at radius 1 is 1.14 bits per heavy atom. The highest BCUT2D eigenvalue weighted by Gasteiger charge is 2.31. The van der Waals surface area contributed by atoms with Gasteiger partial charge in [0.2, 0.25) is 21.8 Å². The van der Waals surface area contributed by atoms with Gasteiger partial charge in [0.05, 0.1) is 17.7 Å². The van der Waals surface area contributed by atoms with Crippen LogP contribution in [0.25, 0.3) is 0 Å². The highest BCUT2D eigenvalue weighted by molar-refractivity contribution is 7.89. The van der Waals surface area contributed by atoms with Crippen LogP contribution < -0.4 is 10.2 Å². The van der Waals surface area contributed by atoms with Gasteiger partial charge in [-0.1, -0.05) is 0 Å². The van der Waals surface area contributed by atoms with Crippen LogP contribution in [0, 0.1) is 0 Å². The number of carbonyl (C=O) groups is 2. The molecule has 0 bridgehead atoms. The zero-order chi connectivity index (χ0) is 20.4. The average Bonchev–Trinajstić information content (AvgIpc) is 3.42. The van der Waals surface area contributed by atoms with E-state index in [0.29, 0.717) is 31.0 Å². The molecule has 1 aromatic carbocycles. The third-order valence-corrected chi connectivity index (χ3v) is 7.19. The first kappa shape index (κ1) is 19.7. The molecule has 3 heterocycles. The van der Waals surface area contributed by atoms with Gasteiger partial charge >= 0.3 is 0 Å². The number of nitrogens with one attached hydrogen (secondary N) is 1. The summed E-state index contributed by atoms with van der Waals surface area (Å²) in [5.41, 5.74) is 1.36. The second-order valence-electron chi connectivity index (χ2n) is 7.24. The monoisotopic (exact) mass is 417 g/mol. The lowest BCUT2D eigenvalue weighted by molar-refractivity contribution is -0.124. The number of fused-ring (bicyclic) bond motifs is 1. The minimum absolute atomic E-state index is 0.120. The Kier molecular flexibility index (Phi) is 5.42. The van der Waals surface area contributed by atoms with Gasteiger partial charge in [-0.3, -0.25) is 9.59 Å². The number of carbonyl (C=O) groups excluding carboxylic acids is 2. The smallest absolute Gasteiger partial charge is 0.243 e. The van der Waals surface area contributed by atoms with Crippen molar-refractivity contribution in [1.29, 1.82) is 0 Å². The van der Waals surface area contributed by atoms with Gasteiger partial charge in [-0.15, -0.1) is 0 Å². The molecule has 0 unspecified atom stereocenters. The van der Waals surface area contributed by atoms with E-state index < -0.39 is 10.0 Å². The van der Waals surface area contributed by atoms with E-state index >= 15 is 0 Å². The second kappa shape index (κ2) is 8.00. The number of hydrogen-bond donors (Lipinski definition) is 1. The largest absolute Gasteiger partial charge is 0.467 e. The number of benzene rings is 1. The lowest BCUT2D eigenvalue weighted by atomic mass is 10.0. The minimum atomic E-state index is -3.52. The van der Waals surface area contributed by atoms with E-state index in [0.717, 1.165) is 18.4 Å². The van der Waals surface area contributed by atoms with Crippen molar-refractivity contribution in [1.82, 2.24) is 9.62 Å². The summed E-state index contributed by atoms with van der Waals surface area (Å²) < 4.78 is 32.3. The van der Waals surface area contributed by atoms with Gasteiger partial charge in [-0.2, -0.15) is 4.31 Å². The third-order valence-electron chi connectivity index (χ3n) is 5.30. The predicted octanol–water partition coefficient (Wildman–Crippen LogP) is 1.66. The molecule has 1 saturated heterocycles. The fourth-order valence-corrected chi connectivity index (χ4v) is 5.31. The molecular formula is C20H23N3O5S. The van der Waals surface area contributed by atoms with E-state index in [1.165, 1.54) is 21.5 Å².